The van der Waals surface area contributed by atoms with Gasteiger partial charge in [-0.3, -0.25) is 9.79 Å². The molecule has 1 aromatic carbocycles. The molecule has 1 aromatic rings. The fraction of sp³-hybridized carbons (Fsp3) is 0.200. The molecule has 0 aromatic heterocycles. The summed E-state index contributed by atoms with van der Waals surface area (Å²) >= 11 is 3.28. The Morgan fingerprint density at radius 2 is 2.40 bits per heavy atom. The number of aromatic hydroxyl groups is 1. The van der Waals surface area contributed by atoms with E-state index >= 15 is 0 Å². The molecule has 0 aliphatic rings. The second kappa shape index (κ2) is 5.50. The van der Waals surface area contributed by atoms with Crippen molar-refractivity contribution in [3.8, 4) is 5.75 Å². The number of benzene rings is 1. The number of hydrogen-bond acceptors (Lipinski definition) is 3. The highest BCUT2D eigenvalue weighted by Crippen LogP contribution is 2.19. The average Bonchev–Trinajstić information content (AvgIpc) is 2.23. The van der Waals surface area contributed by atoms with Gasteiger partial charge in [-0.1, -0.05) is 15.9 Å². The van der Waals surface area contributed by atoms with Crippen molar-refractivity contribution in [3.05, 3.63) is 28.2 Å². The van der Waals surface area contributed by atoms with E-state index in [1.165, 1.54) is 6.21 Å². The lowest BCUT2D eigenvalue weighted by molar-refractivity contribution is -0.119. The van der Waals surface area contributed by atoms with Gasteiger partial charge in [0.2, 0.25) is 5.91 Å². The highest BCUT2D eigenvalue weighted by molar-refractivity contribution is 9.10. The molecule has 0 aliphatic heterocycles. The van der Waals surface area contributed by atoms with Gasteiger partial charge in [-0.05, 0) is 18.2 Å². The number of hydrogen-bond donors (Lipinski definition) is 2. The highest BCUT2D eigenvalue weighted by Gasteiger charge is 1.99. The number of phenolic OH excluding ortho intramolecular Hbond substituents is 1. The Bertz CT molecular complexity index is 391. The molecule has 0 spiro atoms. The van der Waals surface area contributed by atoms with E-state index in [2.05, 4.69) is 26.2 Å². The summed E-state index contributed by atoms with van der Waals surface area (Å²) in [5, 5.41) is 11.9. The smallest absolute Gasteiger partial charge is 0.241 e. The van der Waals surface area contributed by atoms with Crippen LogP contribution in [0.1, 0.15) is 5.56 Å². The molecule has 4 nitrogen and oxygen atoms in total. The fourth-order valence-electron chi connectivity index (χ4n) is 0.935. The number of rotatable bonds is 3. The summed E-state index contributed by atoms with van der Waals surface area (Å²) in [6.45, 7) is 0.0580. The van der Waals surface area contributed by atoms with Crippen LogP contribution in [-0.2, 0) is 4.79 Å². The molecular formula is C10H11BrN2O2. The van der Waals surface area contributed by atoms with E-state index in [1.54, 1.807) is 25.2 Å². The monoisotopic (exact) mass is 270 g/mol. The van der Waals surface area contributed by atoms with Crippen molar-refractivity contribution in [2.45, 2.75) is 0 Å². The largest absolute Gasteiger partial charge is 0.507 e. The Hall–Kier alpha value is -1.36. The van der Waals surface area contributed by atoms with Crippen molar-refractivity contribution in [3.63, 3.8) is 0 Å². The number of halogens is 1. The summed E-state index contributed by atoms with van der Waals surface area (Å²) in [7, 11) is 1.55. The van der Waals surface area contributed by atoms with Crippen molar-refractivity contribution in [1.82, 2.24) is 5.32 Å². The van der Waals surface area contributed by atoms with Gasteiger partial charge in [0.15, 0.2) is 0 Å². The van der Waals surface area contributed by atoms with Crippen molar-refractivity contribution >= 4 is 28.1 Å². The summed E-state index contributed by atoms with van der Waals surface area (Å²) < 4.78 is 0.849. The van der Waals surface area contributed by atoms with E-state index in [4.69, 9.17) is 0 Å². The summed E-state index contributed by atoms with van der Waals surface area (Å²) in [5.41, 5.74) is 0.577. The summed E-state index contributed by atoms with van der Waals surface area (Å²) in [4.78, 5) is 14.8. The molecule has 1 amide bonds. The summed E-state index contributed by atoms with van der Waals surface area (Å²) in [6, 6.07) is 5.01. The second-order valence-corrected chi connectivity index (χ2v) is 3.76. The molecule has 15 heavy (non-hydrogen) atoms. The average molecular weight is 271 g/mol. The molecule has 0 saturated heterocycles. The first kappa shape index (κ1) is 11.7. The predicted octanol–water partition coefficient (Wildman–Crippen LogP) is 1.32. The number of amides is 1. The third kappa shape index (κ3) is 3.71. The van der Waals surface area contributed by atoms with Gasteiger partial charge in [0.1, 0.15) is 12.3 Å². The molecular weight excluding hydrogens is 260 g/mol. The standard InChI is InChI=1S/C10H11BrN2O2/c1-12-10(15)6-13-5-7-4-8(11)2-3-9(7)14/h2-5,14H,6H2,1H3,(H,12,15). The van der Waals surface area contributed by atoms with Crippen LogP contribution in [0, 0.1) is 0 Å². The SMILES string of the molecule is CNC(=O)CN=Cc1cc(Br)ccc1O. The number of nitrogens with one attached hydrogen (secondary N) is 1. The normalized spacial score (nSPS) is 10.5. The van der Waals surface area contributed by atoms with Gasteiger partial charge in [0.25, 0.3) is 0 Å². The Morgan fingerprint density at radius 1 is 1.67 bits per heavy atom. The van der Waals surface area contributed by atoms with Crippen LogP contribution in [0.3, 0.4) is 0 Å². The van der Waals surface area contributed by atoms with Gasteiger partial charge in [-0.25, -0.2) is 0 Å². The molecule has 1 rings (SSSR count). The zero-order valence-corrected chi connectivity index (χ0v) is 9.78. The Balaban J connectivity index is 2.71. The van der Waals surface area contributed by atoms with E-state index in [0.29, 0.717) is 5.56 Å². The van der Waals surface area contributed by atoms with Gasteiger partial charge < -0.3 is 10.4 Å². The lowest BCUT2D eigenvalue weighted by Crippen LogP contribution is -2.20. The molecule has 5 heteroatoms. The number of aliphatic imine (C=N–C) groups is 1. The van der Waals surface area contributed by atoms with Crippen molar-refractivity contribution in [2.24, 2.45) is 4.99 Å². The molecule has 0 saturated carbocycles. The quantitative estimate of drug-likeness (QED) is 0.814. The number of carbonyl (C=O) groups excluding carboxylic acids is 1. The second-order valence-electron chi connectivity index (χ2n) is 2.85. The molecule has 0 aliphatic carbocycles. The van der Waals surface area contributed by atoms with Crippen LogP contribution in [0.15, 0.2) is 27.7 Å². The third-order valence-corrected chi connectivity index (χ3v) is 2.23. The predicted molar refractivity (Wildman–Crippen MR) is 62.3 cm³/mol. The lowest BCUT2D eigenvalue weighted by Gasteiger charge is -1.99. The van der Waals surface area contributed by atoms with Crippen LogP contribution in [-0.4, -0.2) is 30.8 Å². The molecule has 0 heterocycles. The molecule has 0 bridgehead atoms. The minimum Gasteiger partial charge on any atom is -0.507 e. The lowest BCUT2D eigenvalue weighted by atomic mass is 10.2. The van der Waals surface area contributed by atoms with E-state index in [9.17, 15) is 9.90 Å². The molecule has 2 N–H and O–H groups in total. The van der Waals surface area contributed by atoms with Gasteiger partial charge in [0.05, 0.1) is 0 Å². The van der Waals surface area contributed by atoms with E-state index in [-0.39, 0.29) is 18.2 Å². The van der Waals surface area contributed by atoms with Crippen LogP contribution < -0.4 is 5.32 Å². The number of nitrogens with zero attached hydrogens (tertiary/aromatic N) is 1. The molecule has 80 valence electrons. The van der Waals surface area contributed by atoms with Gasteiger partial charge in [0, 0.05) is 23.3 Å². The maximum Gasteiger partial charge on any atom is 0.241 e. The summed E-state index contributed by atoms with van der Waals surface area (Å²) in [6.07, 6.45) is 1.47. The first-order chi connectivity index (χ1) is 7.13. The van der Waals surface area contributed by atoms with E-state index in [1.807, 2.05) is 0 Å². The van der Waals surface area contributed by atoms with Crippen LogP contribution in [0.4, 0.5) is 0 Å². The topological polar surface area (TPSA) is 61.7 Å². The zero-order valence-electron chi connectivity index (χ0n) is 8.20. The van der Waals surface area contributed by atoms with Gasteiger partial charge >= 0.3 is 0 Å². The molecule has 0 radical (unpaired) electrons. The summed E-state index contributed by atoms with van der Waals surface area (Å²) in [5.74, 6) is -0.0282. The van der Waals surface area contributed by atoms with Crippen LogP contribution in [0.5, 0.6) is 5.75 Å². The highest BCUT2D eigenvalue weighted by atomic mass is 79.9. The van der Waals surface area contributed by atoms with E-state index < -0.39 is 0 Å². The van der Waals surface area contributed by atoms with E-state index in [0.717, 1.165) is 4.47 Å². The molecule has 0 unspecified atom stereocenters. The van der Waals surface area contributed by atoms with Crippen LogP contribution in [0.2, 0.25) is 0 Å². The van der Waals surface area contributed by atoms with Gasteiger partial charge in [-0.15, -0.1) is 0 Å². The van der Waals surface area contributed by atoms with Gasteiger partial charge in [-0.2, -0.15) is 0 Å². The third-order valence-electron chi connectivity index (χ3n) is 1.73. The Kier molecular flexibility index (Phi) is 4.30. The maximum absolute atomic E-state index is 10.9. The first-order valence-electron chi connectivity index (χ1n) is 4.32. The van der Waals surface area contributed by atoms with Crippen molar-refractivity contribution in [2.75, 3.05) is 13.6 Å². The number of phenols is 1. The van der Waals surface area contributed by atoms with Crippen molar-refractivity contribution in [1.29, 1.82) is 0 Å². The zero-order chi connectivity index (χ0) is 11.3. The maximum atomic E-state index is 10.9. The molecule has 0 atom stereocenters. The Morgan fingerprint density at radius 3 is 3.07 bits per heavy atom. The number of likely N-dealkylation sites (N-methyl/N-ethyl adjacent to an activating group) is 1. The minimum absolute atomic E-state index is 0.0580. The fourth-order valence-corrected chi connectivity index (χ4v) is 1.31. The van der Waals surface area contributed by atoms with Crippen LogP contribution >= 0.6 is 15.9 Å². The molecule has 0 fully saturated rings. The Labute approximate surface area is 96.2 Å². The van der Waals surface area contributed by atoms with Crippen molar-refractivity contribution < 1.29 is 9.90 Å². The first-order valence-corrected chi connectivity index (χ1v) is 5.11. The number of carbonyl (C=O) groups is 1. The minimum atomic E-state index is -0.166. The van der Waals surface area contributed by atoms with Crippen LogP contribution in [0.25, 0.3) is 0 Å².